The van der Waals surface area contributed by atoms with Gasteiger partial charge >= 0.3 is 5.97 Å². The van der Waals surface area contributed by atoms with Crippen LogP contribution in [0.2, 0.25) is 0 Å². The van der Waals surface area contributed by atoms with Gasteiger partial charge in [0.2, 0.25) is 0 Å². The van der Waals surface area contributed by atoms with Crippen molar-refractivity contribution in [3.8, 4) is 5.75 Å². The van der Waals surface area contributed by atoms with Crippen molar-refractivity contribution < 1.29 is 14.6 Å². The first kappa shape index (κ1) is 15.3. The summed E-state index contributed by atoms with van der Waals surface area (Å²) in [5, 5.41) is 13.0. The standard InChI is InChI=1S/C15H15BrN2O3/c1-10-7-13(18(2)17-10)9-21-14-5-4-12(16)8-11(14)3-6-15(19)20/h3-8H,9H2,1-2H3,(H,19,20). The monoisotopic (exact) mass is 350 g/mol. The van der Waals surface area contributed by atoms with Crippen LogP contribution in [0.1, 0.15) is 17.0 Å². The van der Waals surface area contributed by atoms with Gasteiger partial charge in [0.25, 0.3) is 0 Å². The molecule has 0 unspecified atom stereocenters. The summed E-state index contributed by atoms with van der Waals surface area (Å²) in [6.07, 6.45) is 2.60. The van der Waals surface area contributed by atoms with Crippen LogP contribution in [0.4, 0.5) is 0 Å². The van der Waals surface area contributed by atoms with Gasteiger partial charge in [0.1, 0.15) is 12.4 Å². The Labute approximate surface area is 131 Å². The Kier molecular flexibility index (Phi) is 4.80. The van der Waals surface area contributed by atoms with Crippen molar-refractivity contribution in [3.63, 3.8) is 0 Å². The fourth-order valence-electron chi connectivity index (χ4n) is 1.89. The average molecular weight is 351 g/mol. The molecule has 0 atom stereocenters. The van der Waals surface area contributed by atoms with Crippen LogP contribution in [0.15, 0.2) is 34.8 Å². The summed E-state index contributed by atoms with van der Waals surface area (Å²) >= 11 is 3.36. The van der Waals surface area contributed by atoms with E-state index in [9.17, 15) is 4.79 Å². The second-order valence-corrected chi connectivity index (χ2v) is 5.46. The number of rotatable bonds is 5. The maximum atomic E-state index is 10.6. The minimum Gasteiger partial charge on any atom is -0.487 e. The molecule has 0 bridgehead atoms. The van der Waals surface area contributed by atoms with E-state index in [1.807, 2.05) is 32.2 Å². The van der Waals surface area contributed by atoms with Crippen molar-refractivity contribution in [2.45, 2.75) is 13.5 Å². The van der Waals surface area contributed by atoms with Gasteiger partial charge in [0, 0.05) is 23.2 Å². The van der Waals surface area contributed by atoms with Gasteiger partial charge in [-0.1, -0.05) is 15.9 Å². The molecule has 0 aliphatic carbocycles. The first-order valence-electron chi connectivity index (χ1n) is 6.28. The van der Waals surface area contributed by atoms with Crippen LogP contribution in [0.5, 0.6) is 5.75 Å². The fraction of sp³-hybridized carbons (Fsp3) is 0.200. The Hall–Kier alpha value is -2.08. The maximum Gasteiger partial charge on any atom is 0.328 e. The molecule has 6 heteroatoms. The maximum absolute atomic E-state index is 10.6. The molecule has 0 spiro atoms. The first-order chi connectivity index (χ1) is 9.95. The number of halogens is 1. The van der Waals surface area contributed by atoms with E-state index >= 15 is 0 Å². The van der Waals surface area contributed by atoms with Crippen molar-refractivity contribution in [1.29, 1.82) is 0 Å². The molecule has 2 aromatic rings. The van der Waals surface area contributed by atoms with Crippen molar-refractivity contribution in [2.24, 2.45) is 7.05 Å². The van der Waals surface area contributed by atoms with Crippen LogP contribution >= 0.6 is 15.9 Å². The molecule has 1 aromatic heterocycles. The lowest BCUT2D eigenvalue weighted by Crippen LogP contribution is -2.03. The summed E-state index contributed by atoms with van der Waals surface area (Å²) < 4.78 is 8.40. The Balaban J connectivity index is 2.19. The molecule has 1 aromatic carbocycles. The zero-order valence-corrected chi connectivity index (χ0v) is 13.3. The van der Waals surface area contributed by atoms with Crippen LogP contribution in [0, 0.1) is 6.92 Å². The Morgan fingerprint density at radius 3 is 2.86 bits per heavy atom. The molecule has 2 rings (SSSR count). The number of carboxylic acid groups (broad SMARTS) is 1. The highest BCUT2D eigenvalue weighted by molar-refractivity contribution is 9.10. The van der Waals surface area contributed by atoms with Crippen LogP contribution in [-0.4, -0.2) is 20.9 Å². The van der Waals surface area contributed by atoms with Gasteiger partial charge in [-0.15, -0.1) is 0 Å². The van der Waals surface area contributed by atoms with Crippen molar-refractivity contribution in [1.82, 2.24) is 9.78 Å². The summed E-state index contributed by atoms with van der Waals surface area (Å²) in [7, 11) is 1.86. The molecule has 0 aliphatic rings. The van der Waals surface area contributed by atoms with Crippen LogP contribution < -0.4 is 4.74 Å². The van der Waals surface area contributed by atoms with Gasteiger partial charge in [0.15, 0.2) is 0 Å². The Bertz CT molecular complexity index is 692. The summed E-state index contributed by atoms with van der Waals surface area (Å²) in [5.41, 5.74) is 2.58. The lowest BCUT2D eigenvalue weighted by Gasteiger charge is -2.10. The number of hydrogen-bond donors (Lipinski definition) is 1. The number of ether oxygens (including phenoxy) is 1. The van der Waals surface area contributed by atoms with E-state index < -0.39 is 5.97 Å². The molecule has 1 N–H and O–H groups in total. The largest absolute Gasteiger partial charge is 0.487 e. The molecule has 0 saturated heterocycles. The number of aliphatic carboxylic acids is 1. The zero-order valence-electron chi connectivity index (χ0n) is 11.7. The molecule has 1 heterocycles. The third-order valence-electron chi connectivity index (χ3n) is 2.85. The van der Waals surface area contributed by atoms with Crippen molar-refractivity contribution in [2.75, 3.05) is 0 Å². The van der Waals surface area contributed by atoms with Gasteiger partial charge < -0.3 is 9.84 Å². The molecular weight excluding hydrogens is 336 g/mol. The summed E-state index contributed by atoms with van der Waals surface area (Å²) in [6, 6.07) is 7.41. The van der Waals surface area contributed by atoms with Gasteiger partial charge in [-0.05, 0) is 37.3 Å². The van der Waals surface area contributed by atoms with Crippen molar-refractivity contribution in [3.05, 3.63) is 51.8 Å². The summed E-state index contributed by atoms with van der Waals surface area (Å²) in [6.45, 7) is 2.29. The van der Waals surface area contributed by atoms with Crippen LogP contribution in [-0.2, 0) is 18.4 Å². The van der Waals surface area contributed by atoms with E-state index in [1.54, 1.807) is 10.7 Å². The van der Waals surface area contributed by atoms with Gasteiger partial charge in [-0.2, -0.15) is 5.10 Å². The molecule has 0 radical (unpaired) electrons. The molecule has 110 valence electrons. The van der Waals surface area contributed by atoms with E-state index in [-0.39, 0.29) is 0 Å². The smallest absolute Gasteiger partial charge is 0.328 e. The van der Waals surface area contributed by atoms with Gasteiger partial charge in [0.05, 0.1) is 11.4 Å². The highest BCUT2D eigenvalue weighted by Crippen LogP contribution is 2.25. The van der Waals surface area contributed by atoms with Gasteiger partial charge in [-0.3, -0.25) is 4.68 Å². The van der Waals surface area contributed by atoms with E-state index in [4.69, 9.17) is 9.84 Å². The quantitative estimate of drug-likeness (QED) is 0.841. The third-order valence-corrected chi connectivity index (χ3v) is 3.35. The van der Waals surface area contributed by atoms with E-state index in [0.717, 1.165) is 21.9 Å². The lowest BCUT2D eigenvalue weighted by atomic mass is 10.2. The SMILES string of the molecule is Cc1cc(COc2ccc(Br)cc2C=CC(=O)O)n(C)n1. The number of aromatic nitrogens is 2. The van der Waals surface area contributed by atoms with E-state index in [0.29, 0.717) is 17.9 Å². The topological polar surface area (TPSA) is 64.3 Å². The number of carboxylic acids is 1. The first-order valence-corrected chi connectivity index (χ1v) is 7.08. The third kappa shape index (κ3) is 4.19. The highest BCUT2D eigenvalue weighted by atomic mass is 79.9. The predicted molar refractivity (Wildman–Crippen MR) is 83.1 cm³/mol. The molecular formula is C15H15BrN2O3. The fourth-order valence-corrected chi connectivity index (χ4v) is 2.27. The number of nitrogens with zero attached hydrogens (tertiary/aromatic N) is 2. The minimum atomic E-state index is -0.997. The second kappa shape index (κ2) is 6.58. The summed E-state index contributed by atoms with van der Waals surface area (Å²) in [4.78, 5) is 10.6. The molecule has 5 nitrogen and oxygen atoms in total. The predicted octanol–water partition coefficient (Wildman–Crippen LogP) is 3.17. The zero-order chi connectivity index (χ0) is 15.4. The normalized spacial score (nSPS) is 11.0. The number of benzene rings is 1. The molecule has 21 heavy (non-hydrogen) atoms. The number of aryl methyl sites for hydroxylation is 2. The van der Waals surface area contributed by atoms with Crippen LogP contribution in [0.25, 0.3) is 6.08 Å². The summed E-state index contributed by atoms with van der Waals surface area (Å²) in [5.74, 6) is -0.377. The average Bonchev–Trinajstić information content (AvgIpc) is 2.73. The Morgan fingerprint density at radius 1 is 1.48 bits per heavy atom. The lowest BCUT2D eigenvalue weighted by molar-refractivity contribution is -0.131. The van der Waals surface area contributed by atoms with Gasteiger partial charge in [-0.25, -0.2) is 4.79 Å². The number of carbonyl (C=O) groups is 1. The highest BCUT2D eigenvalue weighted by Gasteiger charge is 2.06. The van der Waals surface area contributed by atoms with E-state index in [1.165, 1.54) is 6.08 Å². The Morgan fingerprint density at radius 2 is 2.24 bits per heavy atom. The number of hydrogen-bond acceptors (Lipinski definition) is 3. The minimum absolute atomic E-state index is 0.368. The second-order valence-electron chi connectivity index (χ2n) is 4.54. The molecule has 0 amide bonds. The van der Waals surface area contributed by atoms with Crippen molar-refractivity contribution >= 4 is 28.0 Å². The molecule has 0 aliphatic heterocycles. The van der Waals surface area contributed by atoms with E-state index in [2.05, 4.69) is 21.0 Å². The molecule has 0 fully saturated rings. The van der Waals surface area contributed by atoms with Crippen LogP contribution in [0.3, 0.4) is 0 Å². The molecule has 0 saturated carbocycles.